The summed E-state index contributed by atoms with van der Waals surface area (Å²) in [7, 11) is 0. The fourth-order valence-electron chi connectivity index (χ4n) is 3.93. The quantitative estimate of drug-likeness (QED) is 0.751. The van der Waals surface area contributed by atoms with Crippen LogP contribution in [0.15, 0.2) is 0 Å². The molecular weight excluding hydrogens is 270 g/mol. The van der Waals surface area contributed by atoms with E-state index >= 15 is 0 Å². The van der Waals surface area contributed by atoms with E-state index < -0.39 is 0 Å². The second-order valence-electron chi connectivity index (χ2n) is 7.64. The Morgan fingerprint density at radius 1 is 1.15 bits per heavy atom. The highest BCUT2D eigenvalue weighted by molar-refractivity contribution is 6.17. The van der Waals surface area contributed by atoms with Gasteiger partial charge in [0, 0.05) is 18.3 Å². The summed E-state index contributed by atoms with van der Waals surface area (Å²) in [6.07, 6.45) is 9.99. The van der Waals surface area contributed by atoms with E-state index in [1.165, 1.54) is 32.1 Å². The van der Waals surface area contributed by atoms with Gasteiger partial charge in [-0.1, -0.05) is 39.5 Å². The van der Waals surface area contributed by atoms with Gasteiger partial charge >= 0.3 is 0 Å². The van der Waals surface area contributed by atoms with Crippen LogP contribution < -0.4 is 5.32 Å². The lowest BCUT2D eigenvalue weighted by Crippen LogP contribution is -2.41. The van der Waals surface area contributed by atoms with Crippen LogP contribution in [0.1, 0.15) is 65.2 Å². The maximum atomic E-state index is 12.4. The molecule has 2 rings (SSSR count). The maximum Gasteiger partial charge on any atom is 0.223 e. The Balaban J connectivity index is 1.78. The Labute approximate surface area is 129 Å². The van der Waals surface area contributed by atoms with Crippen LogP contribution in [0.5, 0.6) is 0 Å². The first-order valence-electron chi connectivity index (χ1n) is 8.35. The zero-order valence-electron chi connectivity index (χ0n) is 13.1. The molecular formula is C17H30ClNO. The minimum atomic E-state index is 0.111. The Morgan fingerprint density at radius 3 is 2.55 bits per heavy atom. The monoisotopic (exact) mass is 299 g/mol. The van der Waals surface area contributed by atoms with E-state index in [0.29, 0.717) is 5.88 Å². The zero-order chi connectivity index (χ0) is 14.6. The van der Waals surface area contributed by atoms with Crippen molar-refractivity contribution in [3.05, 3.63) is 0 Å². The molecule has 0 bridgehead atoms. The highest BCUT2D eigenvalue weighted by atomic mass is 35.5. The van der Waals surface area contributed by atoms with Crippen LogP contribution in [0, 0.1) is 23.2 Å². The maximum absolute atomic E-state index is 12.4. The summed E-state index contributed by atoms with van der Waals surface area (Å²) < 4.78 is 0. The highest BCUT2D eigenvalue weighted by Crippen LogP contribution is 2.42. The van der Waals surface area contributed by atoms with Crippen molar-refractivity contribution in [3.63, 3.8) is 0 Å². The second-order valence-corrected chi connectivity index (χ2v) is 8.01. The second kappa shape index (κ2) is 7.15. The molecule has 20 heavy (non-hydrogen) atoms. The highest BCUT2D eigenvalue weighted by Gasteiger charge is 2.35. The summed E-state index contributed by atoms with van der Waals surface area (Å²) in [6, 6.07) is 0. The van der Waals surface area contributed by atoms with Gasteiger partial charge in [-0.25, -0.2) is 0 Å². The lowest BCUT2D eigenvalue weighted by molar-refractivity contribution is -0.127. The molecule has 0 saturated heterocycles. The van der Waals surface area contributed by atoms with Crippen molar-refractivity contribution in [2.24, 2.45) is 23.2 Å². The van der Waals surface area contributed by atoms with Crippen LogP contribution in [0.25, 0.3) is 0 Å². The summed E-state index contributed by atoms with van der Waals surface area (Å²) in [4.78, 5) is 12.4. The van der Waals surface area contributed by atoms with Gasteiger partial charge in [0.25, 0.3) is 0 Å². The predicted molar refractivity (Wildman–Crippen MR) is 84.9 cm³/mol. The van der Waals surface area contributed by atoms with E-state index in [2.05, 4.69) is 19.2 Å². The Bertz CT molecular complexity index is 329. The lowest BCUT2D eigenvalue weighted by Gasteiger charge is -2.39. The average molecular weight is 300 g/mol. The molecule has 3 heteroatoms. The van der Waals surface area contributed by atoms with Crippen LogP contribution in [-0.4, -0.2) is 18.3 Å². The number of carbonyl (C=O) groups is 1. The van der Waals surface area contributed by atoms with E-state index in [-0.39, 0.29) is 17.2 Å². The van der Waals surface area contributed by atoms with E-state index in [0.717, 1.165) is 37.6 Å². The van der Waals surface area contributed by atoms with Gasteiger partial charge in [-0.2, -0.15) is 0 Å². The number of halogens is 1. The molecule has 3 atom stereocenters. The molecule has 0 aliphatic heterocycles. The summed E-state index contributed by atoms with van der Waals surface area (Å²) in [6.45, 7) is 5.10. The number of alkyl halides is 1. The molecule has 0 heterocycles. The van der Waals surface area contributed by atoms with Crippen molar-refractivity contribution in [2.75, 3.05) is 12.4 Å². The fraction of sp³-hybridized carbons (Fsp3) is 0.941. The molecule has 0 aromatic carbocycles. The van der Waals surface area contributed by atoms with Crippen LogP contribution in [0.2, 0.25) is 0 Å². The molecule has 1 N–H and O–H groups in total. The van der Waals surface area contributed by atoms with Gasteiger partial charge in [0.1, 0.15) is 0 Å². The van der Waals surface area contributed by atoms with E-state index in [1.807, 2.05) is 0 Å². The third-order valence-electron chi connectivity index (χ3n) is 5.42. The van der Waals surface area contributed by atoms with Gasteiger partial charge in [0.05, 0.1) is 0 Å². The van der Waals surface area contributed by atoms with Crippen molar-refractivity contribution in [1.82, 2.24) is 5.32 Å². The van der Waals surface area contributed by atoms with Gasteiger partial charge in [-0.05, 0) is 42.9 Å². The first-order valence-corrected chi connectivity index (χ1v) is 8.89. The Kier molecular flexibility index (Phi) is 5.77. The molecule has 2 nitrogen and oxygen atoms in total. The van der Waals surface area contributed by atoms with Gasteiger partial charge < -0.3 is 5.32 Å². The molecule has 0 aromatic rings. The number of fused-ring (bicyclic) bond motifs is 1. The first kappa shape index (κ1) is 16.1. The molecule has 2 aliphatic rings. The number of hydrogen-bond donors (Lipinski definition) is 1. The Morgan fingerprint density at radius 2 is 1.85 bits per heavy atom. The number of nitrogens with one attached hydrogen (secondary N) is 1. The molecule has 2 aliphatic carbocycles. The van der Waals surface area contributed by atoms with Crippen LogP contribution >= 0.6 is 11.6 Å². The largest absolute Gasteiger partial charge is 0.355 e. The van der Waals surface area contributed by atoms with E-state index in [9.17, 15) is 4.79 Å². The van der Waals surface area contributed by atoms with Crippen molar-refractivity contribution in [3.8, 4) is 0 Å². The summed E-state index contributed by atoms with van der Waals surface area (Å²) in [5, 5.41) is 3.18. The SMILES string of the molecule is CC(C)(CCCl)CNC(=O)C1CCC2CCCCC2C1. The standard InChI is InChI=1S/C17H30ClNO/c1-17(2,9-10-18)12-19-16(20)15-8-7-13-5-3-4-6-14(13)11-15/h13-15H,3-12H2,1-2H3,(H,19,20). The third-order valence-corrected chi connectivity index (χ3v) is 5.61. The molecule has 0 radical (unpaired) electrons. The topological polar surface area (TPSA) is 29.1 Å². The minimum absolute atomic E-state index is 0.111. The molecule has 1 amide bonds. The van der Waals surface area contributed by atoms with Gasteiger partial charge in [-0.15, -0.1) is 11.6 Å². The fourth-order valence-corrected chi connectivity index (χ4v) is 4.44. The third kappa shape index (κ3) is 4.38. The smallest absolute Gasteiger partial charge is 0.223 e. The normalized spacial score (nSPS) is 30.6. The predicted octanol–water partition coefficient (Wildman–Crippen LogP) is 4.36. The number of rotatable bonds is 5. The first-order chi connectivity index (χ1) is 9.52. The molecule has 116 valence electrons. The summed E-state index contributed by atoms with van der Waals surface area (Å²) in [5.41, 5.74) is 0.111. The molecule has 3 unspecified atom stereocenters. The summed E-state index contributed by atoms with van der Waals surface area (Å²) >= 11 is 5.81. The zero-order valence-corrected chi connectivity index (χ0v) is 13.8. The Hall–Kier alpha value is -0.240. The summed E-state index contributed by atoms with van der Waals surface area (Å²) in [5.74, 6) is 2.96. The molecule has 2 fully saturated rings. The van der Waals surface area contributed by atoms with Crippen molar-refractivity contribution >= 4 is 17.5 Å². The van der Waals surface area contributed by atoms with Crippen LogP contribution in [0.4, 0.5) is 0 Å². The van der Waals surface area contributed by atoms with Crippen molar-refractivity contribution < 1.29 is 4.79 Å². The number of carbonyl (C=O) groups excluding carboxylic acids is 1. The van der Waals surface area contributed by atoms with E-state index in [1.54, 1.807) is 0 Å². The number of hydrogen-bond acceptors (Lipinski definition) is 1. The van der Waals surface area contributed by atoms with Crippen LogP contribution in [-0.2, 0) is 4.79 Å². The van der Waals surface area contributed by atoms with Gasteiger partial charge in [-0.3, -0.25) is 4.79 Å². The minimum Gasteiger partial charge on any atom is -0.355 e. The van der Waals surface area contributed by atoms with Crippen LogP contribution in [0.3, 0.4) is 0 Å². The molecule has 0 aromatic heterocycles. The van der Waals surface area contributed by atoms with Gasteiger partial charge in [0.2, 0.25) is 5.91 Å². The van der Waals surface area contributed by atoms with E-state index in [4.69, 9.17) is 11.6 Å². The molecule has 0 spiro atoms. The number of amides is 1. The van der Waals surface area contributed by atoms with Crippen molar-refractivity contribution in [2.45, 2.75) is 65.2 Å². The lowest BCUT2D eigenvalue weighted by atomic mass is 9.67. The van der Waals surface area contributed by atoms with Gasteiger partial charge in [0.15, 0.2) is 0 Å². The van der Waals surface area contributed by atoms with Crippen molar-refractivity contribution in [1.29, 1.82) is 0 Å². The average Bonchev–Trinajstić information content (AvgIpc) is 2.44. The molecule has 2 saturated carbocycles.